The SMILES string of the molecule is CCOC(=O)C1CCCCN1CC(=O)N(C)CCCN. The number of carbonyl (C=O) groups is 2. The fraction of sp³-hybridized carbons (Fsp3) is 0.857. The molecular formula is C14H27N3O3. The van der Waals surface area contributed by atoms with Crippen LogP contribution in [0, 0.1) is 0 Å². The lowest BCUT2D eigenvalue weighted by molar-refractivity contribution is -0.151. The van der Waals surface area contributed by atoms with Crippen LogP contribution >= 0.6 is 0 Å². The third-order valence-electron chi connectivity index (χ3n) is 3.63. The van der Waals surface area contributed by atoms with Crippen molar-refractivity contribution >= 4 is 11.9 Å². The minimum Gasteiger partial charge on any atom is -0.465 e. The molecular weight excluding hydrogens is 258 g/mol. The highest BCUT2D eigenvalue weighted by molar-refractivity contribution is 5.80. The Balaban J connectivity index is 2.53. The van der Waals surface area contributed by atoms with Crippen molar-refractivity contribution in [2.75, 3.05) is 39.8 Å². The summed E-state index contributed by atoms with van der Waals surface area (Å²) in [5.74, 6) is -0.167. The van der Waals surface area contributed by atoms with Crippen LogP contribution in [-0.2, 0) is 14.3 Å². The molecule has 0 bridgehead atoms. The van der Waals surface area contributed by atoms with Gasteiger partial charge in [0, 0.05) is 13.6 Å². The third kappa shape index (κ3) is 5.09. The van der Waals surface area contributed by atoms with Crippen LogP contribution in [0.3, 0.4) is 0 Å². The van der Waals surface area contributed by atoms with Gasteiger partial charge in [-0.05, 0) is 39.3 Å². The van der Waals surface area contributed by atoms with Crippen LogP contribution in [0.5, 0.6) is 0 Å². The van der Waals surface area contributed by atoms with Gasteiger partial charge in [-0.25, -0.2) is 0 Å². The molecule has 0 aromatic carbocycles. The predicted molar refractivity (Wildman–Crippen MR) is 77.2 cm³/mol. The molecule has 1 amide bonds. The Kier molecular flexibility index (Phi) is 7.54. The van der Waals surface area contributed by atoms with Gasteiger partial charge in [0.05, 0.1) is 13.2 Å². The number of rotatable bonds is 7. The summed E-state index contributed by atoms with van der Waals surface area (Å²) in [4.78, 5) is 27.7. The number of hydrogen-bond donors (Lipinski definition) is 1. The van der Waals surface area contributed by atoms with Crippen molar-refractivity contribution in [3.05, 3.63) is 0 Å². The number of nitrogens with zero attached hydrogens (tertiary/aromatic N) is 2. The number of amides is 1. The van der Waals surface area contributed by atoms with Crippen molar-refractivity contribution < 1.29 is 14.3 Å². The van der Waals surface area contributed by atoms with Gasteiger partial charge >= 0.3 is 5.97 Å². The van der Waals surface area contributed by atoms with Gasteiger partial charge in [-0.3, -0.25) is 14.5 Å². The van der Waals surface area contributed by atoms with Crippen LogP contribution in [0.25, 0.3) is 0 Å². The molecule has 1 atom stereocenters. The van der Waals surface area contributed by atoms with E-state index in [1.165, 1.54) is 0 Å². The molecule has 6 nitrogen and oxygen atoms in total. The predicted octanol–water partition coefficient (Wildman–Crippen LogP) is 0.211. The lowest BCUT2D eigenvalue weighted by Gasteiger charge is -2.34. The van der Waals surface area contributed by atoms with E-state index >= 15 is 0 Å². The lowest BCUT2D eigenvalue weighted by Crippen LogP contribution is -2.50. The molecule has 1 rings (SSSR count). The van der Waals surface area contributed by atoms with Crippen molar-refractivity contribution in [2.45, 2.75) is 38.6 Å². The smallest absolute Gasteiger partial charge is 0.323 e. The Morgan fingerprint density at radius 2 is 2.15 bits per heavy atom. The molecule has 1 aliphatic heterocycles. The molecule has 2 N–H and O–H groups in total. The number of carbonyl (C=O) groups excluding carboxylic acids is 2. The zero-order valence-electron chi connectivity index (χ0n) is 12.6. The maximum Gasteiger partial charge on any atom is 0.323 e. The van der Waals surface area contributed by atoms with Gasteiger partial charge in [0.1, 0.15) is 6.04 Å². The van der Waals surface area contributed by atoms with Gasteiger partial charge < -0.3 is 15.4 Å². The van der Waals surface area contributed by atoms with Gasteiger partial charge in [0.2, 0.25) is 5.91 Å². The van der Waals surface area contributed by atoms with Crippen molar-refractivity contribution in [1.82, 2.24) is 9.80 Å². The van der Waals surface area contributed by atoms with Gasteiger partial charge in [-0.1, -0.05) is 6.42 Å². The van der Waals surface area contributed by atoms with Crippen LogP contribution in [-0.4, -0.2) is 67.6 Å². The number of piperidine rings is 1. The number of ether oxygens (including phenoxy) is 1. The normalized spacial score (nSPS) is 19.6. The van der Waals surface area contributed by atoms with E-state index in [2.05, 4.69) is 0 Å². The van der Waals surface area contributed by atoms with E-state index in [1.807, 2.05) is 4.90 Å². The van der Waals surface area contributed by atoms with E-state index in [-0.39, 0.29) is 24.5 Å². The van der Waals surface area contributed by atoms with E-state index < -0.39 is 0 Å². The van der Waals surface area contributed by atoms with Gasteiger partial charge in [-0.15, -0.1) is 0 Å². The fourth-order valence-corrected chi connectivity index (χ4v) is 2.43. The summed E-state index contributed by atoms with van der Waals surface area (Å²) < 4.78 is 5.10. The van der Waals surface area contributed by atoms with E-state index in [9.17, 15) is 9.59 Å². The molecule has 0 aromatic rings. The number of hydrogen-bond acceptors (Lipinski definition) is 5. The van der Waals surface area contributed by atoms with E-state index in [0.29, 0.717) is 19.7 Å². The van der Waals surface area contributed by atoms with Gasteiger partial charge in [0.25, 0.3) is 0 Å². The van der Waals surface area contributed by atoms with Crippen molar-refractivity contribution in [3.63, 3.8) is 0 Å². The molecule has 0 radical (unpaired) electrons. The molecule has 0 spiro atoms. The molecule has 116 valence electrons. The maximum absolute atomic E-state index is 12.1. The first-order valence-corrected chi connectivity index (χ1v) is 7.44. The van der Waals surface area contributed by atoms with Crippen LogP contribution < -0.4 is 5.73 Å². The topological polar surface area (TPSA) is 75.9 Å². The largest absolute Gasteiger partial charge is 0.465 e. The summed E-state index contributed by atoms with van der Waals surface area (Å²) in [7, 11) is 1.78. The zero-order chi connectivity index (χ0) is 15.0. The zero-order valence-corrected chi connectivity index (χ0v) is 12.6. The molecule has 0 saturated carbocycles. The van der Waals surface area contributed by atoms with Crippen molar-refractivity contribution in [3.8, 4) is 0 Å². The summed E-state index contributed by atoms with van der Waals surface area (Å²) in [6.07, 6.45) is 3.61. The average molecular weight is 285 g/mol. The van der Waals surface area contributed by atoms with Crippen molar-refractivity contribution in [2.24, 2.45) is 5.73 Å². The van der Waals surface area contributed by atoms with Gasteiger partial charge in [0.15, 0.2) is 0 Å². The molecule has 1 saturated heterocycles. The quantitative estimate of drug-likeness (QED) is 0.677. The Hall–Kier alpha value is -1.14. The summed E-state index contributed by atoms with van der Waals surface area (Å²) >= 11 is 0. The highest BCUT2D eigenvalue weighted by atomic mass is 16.5. The number of likely N-dealkylation sites (N-methyl/N-ethyl adjacent to an activating group) is 1. The monoisotopic (exact) mass is 285 g/mol. The van der Waals surface area contributed by atoms with Gasteiger partial charge in [-0.2, -0.15) is 0 Å². The van der Waals surface area contributed by atoms with E-state index in [0.717, 1.165) is 32.2 Å². The minimum atomic E-state index is -0.268. The van der Waals surface area contributed by atoms with Crippen LogP contribution in [0.1, 0.15) is 32.6 Å². The molecule has 0 aromatic heterocycles. The minimum absolute atomic E-state index is 0.0367. The van der Waals surface area contributed by atoms with Crippen molar-refractivity contribution in [1.29, 1.82) is 0 Å². The molecule has 1 fully saturated rings. The summed E-state index contributed by atoms with van der Waals surface area (Å²) in [6.45, 7) is 4.48. The lowest BCUT2D eigenvalue weighted by atomic mass is 10.0. The highest BCUT2D eigenvalue weighted by Gasteiger charge is 2.31. The molecule has 1 heterocycles. The molecule has 20 heavy (non-hydrogen) atoms. The van der Waals surface area contributed by atoms with E-state index in [1.54, 1.807) is 18.9 Å². The highest BCUT2D eigenvalue weighted by Crippen LogP contribution is 2.18. The number of esters is 1. The maximum atomic E-state index is 12.1. The Bertz CT molecular complexity index is 323. The van der Waals surface area contributed by atoms with Crippen LogP contribution in [0.15, 0.2) is 0 Å². The summed E-state index contributed by atoms with van der Waals surface area (Å²) in [5, 5.41) is 0. The second-order valence-electron chi connectivity index (χ2n) is 5.19. The van der Waals surface area contributed by atoms with Crippen LogP contribution in [0.2, 0.25) is 0 Å². The summed E-state index contributed by atoms with van der Waals surface area (Å²) in [5.41, 5.74) is 5.45. The molecule has 1 aliphatic rings. The second kappa shape index (κ2) is 8.92. The Morgan fingerprint density at radius 1 is 1.40 bits per heavy atom. The summed E-state index contributed by atoms with van der Waals surface area (Å²) in [6, 6.07) is -0.268. The van der Waals surface area contributed by atoms with E-state index in [4.69, 9.17) is 10.5 Å². The Labute approximate surface area is 121 Å². The average Bonchev–Trinajstić information content (AvgIpc) is 2.45. The fourth-order valence-electron chi connectivity index (χ4n) is 2.43. The first-order valence-electron chi connectivity index (χ1n) is 7.44. The number of likely N-dealkylation sites (tertiary alicyclic amines) is 1. The molecule has 1 unspecified atom stereocenters. The standard InChI is InChI=1S/C14H27N3O3/c1-3-20-14(19)12-7-4-5-10-17(12)11-13(18)16(2)9-6-8-15/h12H,3-11,15H2,1-2H3. The first-order chi connectivity index (χ1) is 9.60. The molecule has 6 heteroatoms. The molecule has 0 aliphatic carbocycles. The third-order valence-corrected chi connectivity index (χ3v) is 3.63. The number of nitrogens with two attached hydrogens (primary N) is 1. The van der Waals surface area contributed by atoms with Crippen LogP contribution in [0.4, 0.5) is 0 Å². The second-order valence-corrected chi connectivity index (χ2v) is 5.19. The first kappa shape index (κ1) is 16.9. The Morgan fingerprint density at radius 3 is 2.80 bits per heavy atom.